The molecule has 1 spiro atoms. The van der Waals surface area contributed by atoms with Crippen molar-refractivity contribution in [1.29, 1.82) is 0 Å². The molecule has 26 heavy (non-hydrogen) atoms. The van der Waals surface area contributed by atoms with Gasteiger partial charge in [-0.05, 0) is 30.3 Å². The predicted octanol–water partition coefficient (Wildman–Crippen LogP) is 1.31. The van der Waals surface area contributed by atoms with E-state index in [2.05, 4.69) is 21.2 Å². The monoisotopic (exact) mass is 419 g/mol. The minimum atomic E-state index is -1.85. The minimum Gasteiger partial charge on any atom is -0.320 e. The average molecular weight is 420 g/mol. The molecule has 2 aliphatic heterocycles. The van der Waals surface area contributed by atoms with Crippen LogP contribution in [0.15, 0.2) is 41.0 Å². The van der Waals surface area contributed by atoms with E-state index in [0.717, 1.165) is 4.90 Å². The molecule has 7 nitrogen and oxygen atoms in total. The smallest absolute Gasteiger partial charge is 0.277 e. The lowest BCUT2D eigenvalue weighted by Gasteiger charge is -2.37. The number of fused-ring (bicyclic) bond motifs is 2. The van der Waals surface area contributed by atoms with Crippen molar-refractivity contribution in [3.8, 4) is 0 Å². The molecule has 0 aliphatic carbocycles. The fourth-order valence-electron chi connectivity index (χ4n) is 3.38. The number of amides is 4. The number of rotatable bonds is 2. The third kappa shape index (κ3) is 2.16. The van der Waals surface area contributed by atoms with Crippen LogP contribution in [0.2, 0.25) is 0 Å². The van der Waals surface area contributed by atoms with Crippen molar-refractivity contribution in [2.45, 2.75) is 18.5 Å². The van der Waals surface area contributed by atoms with Gasteiger partial charge in [0, 0.05) is 16.2 Å². The third-order valence-electron chi connectivity index (χ3n) is 4.60. The molecule has 132 valence electrons. The van der Waals surface area contributed by atoms with Crippen LogP contribution in [0.25, 0.3) is 0 Å². The summed E-state index contributed by atoms with van der Waals surface area (Å²) in [6, 6.07) is 7.13. The molecule has 3 heterocycles. The molecular formula is C17H11BrFN3O4. The van der Waals surface area contributed by atoms with E-state index in [1.165, 1.54) is 41.1 Å². The molecule has 0 bridgehead atoms. The first-order chi connectivity index (χ1) is 12.3. The Labute approximate surface area is 154 Å². The van der Waals surface area contributed by atoms with Crippen molar-refractivity contribution >= 4 is 39.6 Å². The Morgan fingerprint density at radius 1 is 1.19 bits per heavy atom. The number of carbonyl (C=O) groups excluding carboxylic acids is 4. The van der Waals surface area contributed by atoms with Crippen LogP contribution >= 0.6 is 15.9 Å². The summed E-state index contributed by atoms with van der Waals surface area (Å²) in [5, 5.41) is 2.12. The summed E-state index contributed by atoms with van der Waals surface area (Å²) in [5.74, 6) is -3.50. The molecule has 1 fully saturated rings. The largest absolute Gasteiger partial charge is 0.320 e. The predicted molar refractivity (Wildman–Crippen MR) is 89.2 cm³/mol. The van der Waals surface area contributed by atoms with Crippen molar-refractivity contribution in [3.05, 3.63) is 58.1 Å². The van der Waals surface area contributed by atoms with Gasteiger partial charge in [0.15, 0.2) is 0 Å². The quantitative estimate of drug-likeness (QED) is 0.587. The van der Waals surface area contributed by atoms with E-state index in [9.17, 15) is 23.6 Å². The normalized spacial score (nSPS) is 22.2. The van der Waals surface area contributed by atoms with Crippen molar-refractivity contribution in [1.82, 2.24) is 14.8 Å². The van der Waals surface area contributed by atoms with Crippen LogP contribution in [-0.4, -0.2) is 33.1 Å². The Morgan fingerprint density at radius 3 is 2.65 bits per heavy atom. The number of halogens is 2. The summed E-state index contributed by atoms with van der Waals surface area (Å²) in [6.45, 7) is -0.350. The average Bonchev–Trinajstić information content (AvgIpc) is 3.18. The minimum absolute atomic E-state index is 0.0878. The number of nitrogens with zero attached hydrogens (tertiary/aromatic N) is 2. The molecule has 0 unspecified atom stereocenters. The standard InChI is InChI=1S/C17H11BrFN3O4/c18-10-3-4-11(19)9(6-10)8-21-14(24)12-2-1-5-22(12)17(16(21)26)7-13(23)20-15(17)25/h1-6H,7-8H2,(H,20,23,25)/t17-/m0/s1. The second-order valence-electron chi connectivity index (χ2n) is 6.11. The molecule has 4 rings (SSSR count). The maximum atomic E-state index is 14.1. The van der Waals surface area contributed by atoms with E-state index in [1.807, 2.05) is 0 Å². The topological polar surface area (TPSA) is 88.5 Å². The van der Waals surface area contributed by atoms with Crippen molar-refractivity contribution in [2.75, 3.05) is 0 Å². The second-order valence-corrected chi connectivity index (χ2v) is 7.03. The zero-order valence-electron chi connectivity index (χ0n) is 13.2. The fraction of sp³-hybridized carbons (Fsp3) is 0.176. The van der Waals surface area contributed by atoms with Gasteiger partial charge in [-0.15, -0.1) is 0 Å². The summed E-state index contributed by atoms with van der Waals surface area (Å²) in [5.41, 5.74) is -1.66. The Morgan fingerprint density at radius 2 is 1.96 bits per heavy atom. The molecule has 1 aromatic carbocycles. The maximum Gasteiger partial charge on any atom is 0.277 e. The number of hydrogen-bond donors (Lipinski definition) is 1. The number of aromatic nitrogens is 1. The molecule has 1 saturated heterocycles. The van der Waals surface area contributed by atoms with Crippen LogP contribution in [0.1, 0.15) is 22.5 Å². The lowest BCUT2D eigenvalue weighted by atomic mass is 9.91. The summed E-state index contributed by atoms with van der Waals surface area (Å²) in [4.78, 5) is 50.9. The van der Waals surface area contributed by atoms with E-state index in [1.54, 1.807) is 0 Å². The number of carbonyl (C=O) groups is 4. The second kappa shape index (κ2) is 5.60. The van der Waals surface area contributed by atoms with Crippen molar-refractivity contribution < 1.29 is 23.6 Å². The van der Waals surface area contributed by atoms with Crippen LogP contribution in [0.5, 0.6) is 0 Å². The highest BCUT2D eigenvalue weighted by atomic mass is 79.9. The van der Waals surface area contributed by atoms with Gasteiger partial charge >= 0.3 is 0 Å². The number of hydrogen-bond acceptors (Lipinski definition) is 4. The molecule has 0 saturated carbocycles. The zero-order valence-corrected chi connectivity index (χ0v) is 14.7. The Hall–Kier alpha value is -2.81. The summed E-state index contributed by atoms with van der Waals surface area (Å²) in [6.07, 6.45) is 1.01. The highest BCUT2D eigenvalue weighted by molar-refractivity contribution is 9.10. The zero-order chi connectivity index (χ0) is 18.6. The number of nitrogens with one attached hydrogen (secondary N) is 1. The van der Waals surface area contributed by atoms with Gasteiger partial charge < -0.3 is 4.57 Å². The lowest BCUT2D eigenvalue weighted by Crippen LogP contribution is -2.60. The number of benzene rings is 1. The van der Waals surface area contributed by atoms with E-state index >= 15 is 0 Å². The van der Waals surface area contributed by atoms with Crippen LogP contribution in [0.4, 0.5) is 4.39 Å². The van der Waals surface area contributed by atoms with E-state index in [-0.39, 0.29) is 17.8 Å². The third-order valence-corrected chi connectivity index (χ3v) is 5.10. The van der Waals surface area contributed by atoms with Crippen LogP contribution in [0.3, 0.4) is 0 Å². The highest BCUT2D eigenvalue weighted by Gasteiger charge is 2.60. The van der Waals surface area contributed by atoms with Crippen molar-refractivity contribution in [3.63, 3.8) is 0 Å². The molecule has 1 N–H and O–H groups in total. The van der Waals surface area contributed by atoms with Gasteiger partial charge in [-0.3, -0.25) is 29.4 Å². The first kappa shape index (κ1) is 16.6. The molecule has 1 aromatic heterocycles. The first-order valence-corrected chi connectivity index (χ1v) is 8.46. The van der Waals surface area contributed by atoms with Gasteiger partial charge in [0.25, 0.3) is 17.7 Å². The van der Waals surface area contributed by atoms with Gasteiger partial charge in [-0.1, -0.05) is 15.9 Å². The Kier molecular flexibility index (Phi) is 3.58. The van der Waals surface area contributed by atoms with Gasteiger partial charge in [0.1, 0.15) is 11.5 Å². The van der Waals surface area contributed by atoms with Crippen LogP contribution < -0.4 is 5.32 Å². The summed E-state index contributed by atoms with van der Waals surface area (Å²) < 4.78 is 15.9. The van der Waals surface area contributed by atoms with Crippen LogP contribution in [-0.2, 0) is 26.5 Å². The molecule has 1 atom stereocenters. The van der Waals surface area contributed by atoms with E-state index in [4.69, 9.17) is 0 Å². The summed E-state index contributed by atoms with van der Waals surface area (Å²) >= 11 is 3.22. The van der Waals surface area contributed by atoms with Gasteiger partial charge in [0.05, 0.1) is 13.0 Å². The van der Waals surface area contributed by atoms with Crippen molar-refractivity contribution in [2.24, 2.45) is 0 Å². The molecule has 2 aromatic rings. The van der Waals surface area contributed by atoms with E-state index in [0.29, 0.717) is 4.47 Å². The maximum absolute atomic E-state index is 14.1. The molecular weight excluding hydrogens is 409 g/mol. The molecule has 2 aliphatic rings. The molecule has 4 amide bonds. The lowest BCUT2D eigenvalue weighted by molar-refractivity contribution is -0.147. The van der Waals surface area contributed by atoms with E-state index < -0.39 is 41.4 Å². The van der Waals surface area contributed by atoms with Gasteiger partial charge in [-0.25, -0.2) is 4.39 Å². The van der Waals surface area contributed by atoms with Crippen LogP contribution in [0, 0.1) is 5.82 Å². The Bertz CT molecular complexity index is 1000. The van der Waals surface area contributed by atoms with Gasteiger partial charge in [0.2, 0.25) is 11.4 Å². The number of imide groups is 2. The fourth-order valence-corrected chi connectivity index (χ4v) is 3.79. The highest BCUT2D eigenvalue weighted by Crippen LogP contribution is 2.36. The Balaban J connectivity index is 1.84. The van der Waals surface area contributed by atoms with Gasteiger partial charge in [-0.2, -0.15) is 0 Å². The molecule has 9 heteroatoms. The first-order valence-electron chi connectivity index (χ1n) is 7.67. The SMILES string of the molecule is O=C1C[C@]2(C(=O)N1)C(=O)N(Cc1cc(Br)ccc1F)C(=O)c1cccn12. The molecule has 0 radical (unpaired) electrons. The summed E-state index contributed by atoms with van der Waals surface area (Å²) in [7, 11) is 0.